The van der Waals surface area contributed by atoms with E-state index in [9.17, 15) is 14.4 Å². The highest BCUT2D eigenvalue weighted by Gasteiger charge is 2.16. The standard InChI is InChI=1S/C30H25ClN2O5/c1-2-37-27-11-7-6-10-26(27)33-30(36)21-12-15-23(16-13-21)38-19-28(34)32-25-17-14-22(31)18-24(25)29(35)20-8-4-3-5-9-20/h3-18H,2,19H2,1H3,(H,32,34)(H,33,36). The van der Waals surface area contributed by atoms with Gasteiger partial charge in [0.15, 0.2) is 12.4 Å². The average molecular weight is 529 g/mol. The van der Waals surface area contributed by atoms with Gasteiger partial charge >= 0.3 is 0 Å². The minimum Gasteiger partial charge on any atom is -0.492 e. The molecule has 0 aliphatic carbocycles. The molecular formula is C30H25ClN2O5. The largest absolute Gasteiger partial charge is 0.492 e. The second-order valence-electron chi connectivity index (χ2n) is 8.13. The fourth-order valence-electron chi connectivity index (χ4n) is 3.64. The van der Waals surface area contributed by atoms with Crippen molar-refractivity contribution in [3.63, 3.8) is 0 Å². The molecule has 4 aromatic carbocycles. The lowest BCUT2D eigenvalue weighted by atomic mass is 10.0. The van der Waals surface area contributed by atoms with Crippen LogP contribution in [0.5, 0.6) is 11.5 Å². The first-order valence-electron chi connectivity index (χ1n) is 11.9. The number of carbonyl (C=O) groups is 3. The maximum atomic E-state index is 13.0. The van der Waals surface area contributed by atoms with Crippen LogP contribution in [0.25, 0.3) is 0 Å². The molecule has 38 heavy (non-hydrogen) atoms. The number of carbonyl (C=O) groups excluding carboxylic acids is 3. The first-order valence-corrected chi connectivity index (χ1v) is 12.3. The molecule has 0 atom stereocenters. The van der Waals surface area contributed by atoms with Gasteiger partial charge in [0.25, 0.3) is 11.8 Å². The van der Waals surface area contributed by atoms with Gasteiger partial charge < -0.3 is 20.1 Å². The molecule has 0 aliphatic rings. The summed E-state index contributed by atoms with van der Waals surface area (Å²) < 4.78 is 11.1. The maximum Gasteiger partial charge on any atom is 0.262 e. The van der Waals surface area contributed by atoms with Gasteiger partial charge in [-0.3, -0.25) is 14.4 Å². The molecule has 0 bridgehead atoms. The predicted molar refractivity (Wildman–Crippen MR) is 147 cm³/mol. The number of hydrogen-bond donors (Lipinski definition) is 2. The first kappa shape index (κ1) is 26.4. The van der Waals surface area contributed by atoms with Crippen LogP contribution in [0.2, 0.25) is 5.02 Å². The van der Waals surface area contributed by atoms with Crippen molar-refractivity contribution in [2.24, 2.45) is 0 Å². The van der Waals surface area contributed by atoms with Crippen molar-refractivity contribution in [3.05, 3.63) is 119 Å². The number of benzene rings is 4. The second-order valence-corrected chi connectivity index (χ2v) is 8.57. The number of amides is 2. The number of rotatable bonds is 10. The van der Waals surface area contributed by atoms with E-state index in [4.69, 9.17) is 21.1 Å². The number of ketones is 1. The molecule has 0 saturated carbocycles. The average Bonchev–Trinajstić information content (AvgIpc) is 2.94. The highest BCUT2D eigenvalue weighted by molar-refractivity contribution is 6.31. The fraction of sp³-hybridized carbons (Fsp3) is 0.100. The Bertz CT molecular complexity index is 1440. The molecular weight excluding hydrogens is 504 g/mol. The summed E-state index contributed by atoms with van der Waals surface area (Å²) in [7, 11) is 0. The van der Waals surface area contributed by atoms with E-state index >= 15 is 0 Å². The lowest BCUT2D eigenvalue weighted by Gasteiger charge is -2.13. The van der Waals surface area contributed by atoms with Crippen molar-refractivity contribution >= 4 is 40.6 Å². The molecule has 8 heteroatoms. The van der Waals surface area contributed by atoms with Crippen LogP contribution >= 0.6 is 11.6 Å². The lowest BCUT2D eigenvalue weighted by Crippen LogP contribution is -2.21. The van der Waals surface area contributed by atoms with Crippen LogP contribution < -0.4 is 20.1 Å². The summed E-state index contributed by atoms with van der Waals surface area (Å²) in [6.07, 6.45) is 0. The van der Waals surface area contributed by atoms with E-state index in [0.29, 0.717) is 45.6 Å². The number of halogens is 1. The van der Waals surface area contributed by atoms with Crippen LogP contribution in [0.1, 0.15) is 33.2 Å². The Balaban J connectivity index is 1.36. The summed E-state index contributed by atoms with van der Waals surface area (Å²) in [5, 5.41) is 5.92. The van der Waals surface area contributed by atoms with Crippen molar-refractivity contribution in [3.8, 4) is 11.5 Å². The van der Waals surface area contributed by atoms with E-state index in [0.717, 1.165) is 0 Å². The van der Waals surface area contributed by atoms with E-state index in [1.807, 2.05) is 25.1 Å². The van der Waals surface area contributed by atoms with Crippen molar-refractivity contribution in [2.45, 2.75) is 6.92 Å². The van der Waals surface area contributed by atoms with Gasteiger partial charge in [0.05, 0.1) is 18.0 Å². The topological polar surface area (TPSA) is 93.7 Å². The predicted octanol–water partition coefficient (Wildman–Crippen LogP) is 6.24. The van der Waals surface area contributed by atoms with Crippen molar-refractivity contribution in [1.82, 2.24) is 0 Å². The van der Waals surface area contributed by atoms with Gasteiger partial charge in [0.1, 0.15) is 11.5 Å². The second kappa shape index (κ2) is 12.6. The first-order chi connectivity index (χ1) is 18.4. The number of hydrogen-bond acceptors (Lipinski definition) is 5. The smallest absolute Gasteiger partial charge is 0.262 e. The molecule has 0 unspecified atom stereocenters. The number of para-hydroxylation sites is 2. The molecule has 2 amide bonds. The summed E-state index contributed by atoms with van der Waals surface area (Å²) in [6.45, 7) is 2.06. The van der Waals surface area contributed by atoms with Crippen molar-refractivity contribution in [1.29, 1.82) is 0 Å². The zero-order chi connectivity index (χ0) is 26.9. The van der Waals surface area contributed by atoms with E-state index in [1.165, 1.54) is 6.07 Å². The van der Waals surface area contributed by atoms with Crippen LogP contribution in [-0.4, -0.2) is 30.8 Å². The van der Waals surface area contributed by atoms with Crippen LogP contribution in [0.15, 0.2) is 97.1 Å². The summed E-state index contributed by atoms with van der Waals surface area (Å²) >= 11 is 6.10. The number of ether oxygens (including phenoxy) is 2. The molecule has 2 N–H and O–H groups in total. The third-order valence-corrected chi connectivity index (χ3v) is 5.69. The quantitative estimate of drug-likeness (QED) is 0.238. The highest BCUT2D eigenvalue weighted by atomic mass is 35.5. The number of anilines is 2. The van der Waals surface area contributed by atoms with Crippen LogP contribution in [0.4, 0.5) is 11.4 Å². The Labute approximate surface area is 225 Å². The van der Waals surface area contributed by atoms with E-state index in [2.05, 4.69) is 10.6 Å². The highest BCUT2D eigenvalue weighted by Crippen LogP contribution is 2.25. The van der Waals surface area contributed by atoms with Gasteiger partial charge in [-0.1, -0.05) is 54.1 Å². The van der Waals surface area contributed by atoms with Crippen LogP contribution in [0, 0.1) is 0 Å². The zero-order valence-electron chi connectivity index (χ0n) is 20.6. The molecule has 0 radical (unpaired) electrons. The normalized spacial score (nSPS) is 10.4. The Hall–Kier alpha value is -4.62. The van der Waals surface area contributed by atoms with E-state index in [-0.39, 0.29) is 23.9 Å². The fourth-order valence-corrected chi connectivity index (χ4v) is 3.81. The molecule has 7 nitrogen and oxygen atoms in total. The van der Waals surface area contributed by atoms with E-state index in [1.54, 1.807) is 72.8 Å². The van der Waals surface area contributed by atoms with Crippen LogP contribution in [0.3, 0.4) is 0 Å². The van der Waals surface area contributed by atoms with Gasteiger partial charge in [-0.2, -0.15) is 0 Å². The van der Waals surface area contributed by atoms with Gasteiger partial charge in [-0.05, 0) is 61.5 Å². The molecule has 4 aromatic rings. The zero-order valence-corrected chi connectivity index (χ0v) is 21.3. The Kier molecular flexibility index (Phi) is 8.74. The van der Waals surface area contributed by atoms with Gasteiger partial charge in [0, 0.05) is 21.7 Å². The van der Waals surface area contributed by atoms with Gasteiger partial charge in [0.2, 0.25) is 0 Å². The lowest BCUT2D eigenvalue weighted by molar-refractivity contribution is -0.118. The van der Waals surface area contributed by atoms with E-state index < -0.39 is 5.91 Å². The maximum absolute atomic E-state index is 13.0. The molecule has 0 aliphatic heterocycles. The van der Waals surface area contributed by atoms with Gasteiger partial charge in [-0.15, -0.1) is 0 Å². The Morgan fingerprint density at radius 3 is 2.18 bits per heavy atom. The Morgan fingerprint density at radius 1 is 0.737 bits per heavy atom. The summed E-state index contributed by atoms with van der Waals surface area (Å²) in [4.78, 5) is 38.2. The molecule has 4 rings (SSSR count). The summed E-state index contributed by atoms with van der Waals surface area (Å²) in [5.74, 6) is -0.0302. The minimum atomic E-state index is -0.455. The van der Waals surface area contributed by atoms with Crippen molar-refractivity contribution < 1.29 is 23.9 Å². The Morgan fingerprint density at radius 2 is 1.45 bits per heavy atom. The van der Waals surface area contributed by atoms with Crippen LogP contribution in [-0.2, 0) is 4.79 Å². The third-order valence-electron chi connectivity index (χ3n) is 5.46. The SMILES string of the molecule is CCOc1ccccc1NC(=O)c1ccc(OCC(=O)Nc2ccc(Cl)cc2C(=O)c2ccccc2)cc1. The molecule has 0 aromatic heterocycles. The third kappa shape index (κ3) is 6.78. The summed E-state index contributed by atoms with van der Waals surface area (Å²) in [5.41, 5.74) is 2.07. The minimum absolute atomic E-state index is 0.262. The van der Waals surface area contributed by atoms with Crippen molar-refractivity contribution in [2.75, 3.05) is 23.8 Å². The molecule has 0 saturated heterocycles. The molecule has 0 heterocycles. The number of nitrogens with one attached hydrogen (secondary N) is 2. The monoisotopic (exact) mass is 528 g/mol. The molecule has 0 fully saturated rings. The summed E-state index contributed by atoms with van der Waals surface area (Å²) in [6, 6.07) is 27.0. The molecule has 192 valence electrons. The van der Waals surface area contributed by atoms with Gasteiger partial charge in [-0.25, -0.2) is 0 Å². The molecule has 0 spiro atoms.